The number of hydrogen-bond acceptors (Lipinski definition) is 5. The van der Waals surface area contributed by atoms with Crippen molar-refractivity contribution < 1.29 is 4.79 Å². The smallest absolute Gasteiger partial charge is 0.135 e. The van der Waals surface area contributed by atoms with E-state index in [-0.39, 0.29) is 5.78 Å². The molecule has 3 heterocycles. The predicted octanol–water partition coefficient (Wildman–Crippen LogP) is 5.78. The van der Waals surface area contributed by atoms with E-state index in [2.05, 4.69) is 22.1 Å². The summed E-state index contributed by atoms with van der Waals surface area (Å²) in [6.45, 7) is 5.40. The predicted molar refractivity (Wildman–Crippen MR) is 138 cm³/mol. The second-order valence-electron chi connectivity index (χ2n) is 9.45. The van der Waals surface area contributed by atoms with Crippen molar-refractivity contribution in [3.8, 4) is 28.5 Å². The van der Waals surface area contributed by atoms with E-state index in [1.165, 1.54) is 0 Å². The molecule has 0 aliphatic heterocycles. The average Bonchev–Trinajstić information content (AvgIpc) is 3.21. The maximum absolute atomic E-state index is 11.4. The summed E-state index contributed by atoms with van der Waals surface area (Å²) >= 11 is 0. The van der Waals surface area contributed by atoms with Gasteiger partial charge in [0.1, 0.15) is 11.5 Å². The molecule has 0 saturated carbocycles. The van der Waals surface area contributed by atoms with E-state index in [4.69, 9.17) is 5.10 Å². The molecular weight excluding hydrogens is 434 g/mol. The van der Waals surface area contributed by atoms with Crippen LogP contribution in [0.15, 0.2) is 67.0 Å². The van der Waals surface area contributed by atoms with E-state index >= 15 is 0 Å². The Labute approximate surface area is 203 Å². The van der Waals surface area contributed by atoms with Crippen LogP contribution in [0, 0.1) is 11.3 Å². The highest BCUT2D eigenvalue weighted by Crippen LogP contribution is 2.35. The van der Waals surface area contributed by atoms with Crippen molar-refractivity contribution in [1.29, 1.82) is 5.26 Å². The molecule has 0 unspecified atom stereocenters. The van der Waals surface area contributed by atoms with Gasteiger partial charge in [0.25, 0.3) is 0 Å². The fourth-order valence-corrected chi connectivity index (χ4v) is 4.38. The van der Waals surface area contributed by atoms with Gasteiger partial charge in [-0.05, 0) is 50.1 Å². The molecule has 0 radical (unpaired) electrons. The topological polar surface area (TPSA) is 84.5 Å². The number of carbonyl (C=O) groups is 1. The lowest BCUT2D eigenvalue weighted by atomic mass is 9.86. The molecule has 0 atom stereocenters. The SMILES string of the molecule is CC(=O)Cc1ccc(-c2ccc3ncc4c(c(-c5ccc(C(C)(C)C#N)cc5)nn4C)c3c2)cn1. The van der Waals surface area contributed by atoms with Gasteiger partial charge in [-0.25, -0.2) is 0 Å². The van der Waals surface area contributed by atoms with Gasteiger partial charge in [0.05, 0.1) is 28.7 Å². The van der Waals surface area contributed by atoms with Gasteiger partial charge >= 0.3 is 0 Å². The van der Waals surface area contributed by atoms with Gasteiger partial charge in [-0.3, -0.25) is 19.4 Å². The molecule has 0 N–H and O–H groups in total. The Morgan fingerprint density at radius 2 is 1.69 bits per heavy atom. The molecule has 0 bridgehead atoms. The van der Waals surface area contributed by atoms with Gasteiger partial charge in [-0.1, -0.05) is 36.4 Å². The third-order valence-electron chi connectivity index (χ3n) is 6.43. The molecule has 3 aromatic heterocycles. The Hall–Kier alpha value is -4.37. The van der Waals surface area contributed by atoms with Gasteiger partial charge in [-0.2, -0.15) is 10.4 Å². The zero-order chi connectivity index (χ0) is 24.7. The summed E-state index contributed by atoms with van der Waals surface area (Å²) in [4.78, 5) is 20.5. The maximum Gasteiger partial charge on any atom is 0.135 e. The van der Waals surface area contributed by atoms with E-state index in [1.807, 2.05) is 86.5 Å². The molecule has 0 saturated heterocycles. The van der Waals surface area contributed by atoms with Crippen molar-refractivity contribution in [3.63, 3.8) is 0 Å². The molecule has 0 amide bonds. The van der Waals surface area contributed by atoms with Crippen LogP contribution in [0.4, 0.5) is 0 Å². The monoisotopic (exact) mass is 459 g/mol. The van der Waals surface area contributed by atoms with Crippen molar-refractivity contribution >= 4 is 27.6 Å². The first kappa shape index (κ1) is 22.4. The van der Waals surface area contributed by atoms with Crippen LogP contribution in [0.1, 0.15) is 32.0 Å². The number of pyridine rings is 2. The minimum atomic E-state index is -0.551. The Morgan fingerprint density at radius 3 is 2.34 bits per heavy atom. The summed E-state index contributed by atoms with van der Waals surface area (Å²) in [7, 11) is 1.92. The number of ketones is 1. The highest BCUT2D eigenvalue weighted by atomic mass is 16.1. The number of nitriles is 1. The summed E-state index contributed by atoms with van der Waals surface area (Å²) in [5, 5.41) is 16.4. The summed E-state index contributed by atoms with van der Waals surface area (Å²) < 4.78 is 1.86. The van der Waals surface area contributed by atoms with E-state index in [0.717, 1.165) is 55.4 Å². The van der Waals surface area contributed by atoms with Crippen molar-refractivity contribution in [2.75, 3.05) is 0 Å². The number of rotatable bonds is 5. The van der Waals surface area contributed by atoms with E-state index in [9.17, 15) is 10.1 Å². The molecule has 0 fully saturated rings. The summed E-state index contributed by atoms with van der Waals surface area (Å²) in [6, 6.07) is 20.5. The highest BCUT2D eigenvalue weighted by Gasteiger charge is 2.21. The Kier molecular flexibility index (Phi) is 5.41. The van der Waals surface area contributed by atoms with Crippen LogP contribution in [-0.4, -0.2) is 25.5 Å². The van der Waals surface area contributed by atoms with E-state index < -0.39 is 5.41 Å². The number of nitrogens with zero attached hydrogens (tertiary/aromatic N) is 5. The first-order valence-electron chi connectivity index (χ1n) is 11.5. The van der Waals surface area contributed by atoms with Crippen LogP contribution in [0.25, 0.3) is 44.2 Å². The summed E-state index contributed by atoms with van der Waals surface area (Å²) in [5.41, 5.74) is 6.88. The lowest BCUT2D eigenvalue weighted by Gasteiger charge is -2.15. The molecule has 5 rings (SSSR count). The van der Waals surface area contributed by atoms with Gasteiger partial charge in [0, 0.05) is 47.3 Å². The van der Waals surface area contributed by atoms with Gasteiger partial charge in [0.15, 0.2) is 0 Å². The number of fused-ring (bicyclic) bond motifs is 3. The molecular formula is C29H25N5O. The fraction of sp³-hybridized carbons (Fsp3) is 0.207. The molecule has 0 aliphatic carbocycles. The number of carbonyl (C=O) groups excluding carboxylic acids is 1. The molecule has 172 valence electrons. The molecule has 2 aromatic carbocycles. The minimum Gasteiger partial charge on any atom is -0.300 e. The minimum absolute atomic E-state index is 0.0951. The van der Waals surface area contributed by atoms with Crippen LogP contribution in [-0.2, 0) is 23.7 Å². The number of hydrogen-bond donors (Lipinski definition) is 0. The fourth-order valence-electron chi connectivity index (χ4n) is 4.38. The first-order chi connectivity index (χ1) is 16.8. The molecule has 6 heteroatoms. The zero-order valence-corrected chi connectivity index (χ0v) is 20.2. The molecule has 35 heavy (non-hydrogen) atoms. The summed E-state index contributed by atoms with van der Waals surface area (Å²) in [6.07, 6.45) is 4.01. The van der Waals surface area contributed by atoms with Crippen LogP contribution in [0.2, 0.25) is 0 Å². The van der Waals surface area contributed by atoms with Crippen LogP contribution in [0.5, 0.6) is 0 Å². The van der Waals surface area contributed by atoms with Crippen LogP contribution < -0.4 is 0 Å². The molecule has 6 nitrogen and oxygen atoms in total. The van der Waals surface area contributed by atoms with Crippen molar-refractivity contribution in [2.24, 2.45) is 7.05 Å². The van der Waals surface area contributed by atoms with Gasteiger partial charge in [0.2, 0.25) is 0 Å². The number of aryl methyl sites for hydroxylation is 1. The normalized spacial score (nSPS) is 11.6. The quantitative estimate of drug-likeness (QED) is 0.332. The number of benzene rings is 2. The third kappa shape index (κ3) is 4.06. The third-order valence-corrected chi connectivity index (χ3v) is 6.43. The molecule has 0 spiro atoms. The number of aromatic nitrogens is 4. The zero-order valence-electron chi connectivity index (χ0n) is 20.2. The second-order valence-corrected chi connectivity index (χ2v) is 9.45. The van der Waals surface area contributed by atoms with Crippen LogP contribution in [0.3, 0.4) is 0 Å². The van der Waals surface area contributed by atoms with Gasteiger partial charge < -0.3 is 0 Å². The largest absolute Gasteiger partial charge is 0.300 e. The molecule has 5 aromatic rings. The van der Waals surface area contributed by atoms with Crippen molar-refractivity contribution in [2.45, 2.75) is 32.6 Å². The Balaban J connectivity index is 1.65. The highest BCUT2D eigenvalue weighted by molar-refractivity contribution is 6.12. The first-order valence-corrected chi connectivity index (χ1v) is 11.5. The van der Waals surface area contributed by atoms with Crippen LogP contribution >= 0.6 is 0 Å². The molecule has 0 aliphatic rings. The summed E-state index contributed by atoms with van der Waals surface area (Å²) in [5.74, 6) is 0.0951. The van der Waals surface area contributed by atoms with Crippen molar-refractivity contribution in [1.82, 2.24) is 19.7 Å². The standard InChI is InChI=1S/C29H25N5O/c1-18(35)13-23-11-7-21(15-31-23)20-8-12-25-24(14-20)27-26(16-32-25)34(4)33-28(27)19-5-9-22(10-6-19)29(2,3)17-30/h5-12,14-16H,13H2,1-4H3. The van der Waals surface area contributed by atoms with E-state index in [0.29, 0.717) is 6.42 Å². The van der Waals surface area contributed by atoms with Gasteiger partial charge in [-0.15, -0.1) is 0 Å². The maximum atomic E-state index is 11.4. The average molecular weight is 460 g/mol. The second kappa shape index (κ2) is 8.44. The lowest BCUT2D eigenvalue weighted by molar-refractivity contribution is -0.116. The Bertz CT molecular complexity index is 1620. The Morgan fingerprint density at radius 1 is 0.971 bits per heavy atom. The van der Waals surface area contributed by atoms with Crippen molar-refractivity contribution in [3.05, 3.63) is 78.2 Å². The van der Waals surface area contributed by atoms with E-state index in [1.54, 1.807) is 6.92 Å². The lowest BCUT2D eigenvalue weighted by Crippen LogP contribution is -2.13. The number of Topliss-reactive ketones (excluding diaryl/α,β-unsaturated/α-hetero) is 1.